The molecule has 0 spiro atoms. The number of hydrogen-bond acceptors (Lipinski definition) is 2. The van der Waals surface area contributed by atoms with Crippen LogP contribution in [0.2, 0.25) is 0 Å². The van der Waals surface area contributed by atoms with Crippen molar-refractivity contribution in [1.82, 2.24) is 9.55 Å². The van der Waals surface area contributed by atoms with Gasteiger partial charge in [0.2, 0.25) is 0 Å². The van der Waals surface area contributed by atoms with E-state index in [0.29, 0.717) is 10.8 Å². The quantitative estimate of drug-likeness (QED) is 0.497. The Morgan fingerprint density at radius 3 is 1.86 bits per heavy atom. The van der Waals surface area contributed by atoms with E-state index in [2.05, 4.69) is 4.98 Å². The SMILES string of the molecule is O=c1c2ccccc2n(-c2ccccn2)c2ccccc12. The predicted molar refractivity (Wildman–Crippen MR) is 84.8 cm³/mol. The number of para-hydroxylation sites is 2. The average molecular weight is 272 g/mol. The molecule has 0 amide bonds. The van der Waals surface area contributed by atoms with Gasteiger partial charge in [-0.15, -0.1) is 0 Å². The minimum atomic E-state index is 0.0633. The Bertz CT molecular complexity index is 944. The Morgan fingerprint density at radius 1 is 0.714 bits per heavy atom. The van der Waals surface area contributed by atoms with Crippen LogP contribution in [-0.4, -0.2) is 9.55 Å². The second-order valence-electron chi connectivity index (χ2n) is 4.89. The van der Waals surface area contributed by atoms with Crippen molar-refractivity contribution >= 4 is 21.8 Å². The third kappa shape index (κ3) is 1.75. The Kier molecular flexibility index (Phi) is 2.57. The zero-order chi connectivity index (χ0) is 14.2. The van der Waals surface area contributed by atoms with Gasteiger partial charge < -0.3 is 0 Å². The maximum Gasteiger partial charge on any atom is 0.197 e. The lowest BCUT2D eigenvalue weighted by atomic mass is 10.1. The fourth-order valence-corrected chi connectivity index (χ4v) is 2.73. The summed E-state index contributed by atoms with van der Waals surface area (Å²) in [6, 6.07) is 21.1. The van der Waals surface area contributed by atoms with Crippen LogP contribution in [0.5, 0.6) is 0 Å². The highest BCUT2D eigenvalue weighted by Crippen LogP contribution is 2.22. The molecule has 3 heteroatoms. The molecular weight excluding hydrogens is 260 g/mol. The number of fused-ring (bicyclic) bond motifs is 2. The topological polar surface area (TPSA) is 34.9 Å². The molecule has 100 valence electrons. The standard InChI is InChI=1S/C18H12N2O/c21-18-13-7-1-3-9-15(13)20(17-11-5-6-12-19-17)16-10-4-2-8-14(16)18/h1-12H. The lowest BCUT2D eigenvalue weighted by molar-refractivity contribution is 1.07. The van der Waals surface area contributed by atoms with Crippen molar-refractivity contribution in [2.75, 3.05) is 0 Å². The summed E-state index contributed by atoms with van der Waals surface area (Å²) < 4.78 is 2.03. The third-order valence-corrected chi connectivity index (χ3v) is 3.66. The first-order chi connectivity index (χ1) is 10.4. The van der Waals surface area contributed by atoms with Crippen LogP contribution in [0.4, 0.5) is 0 Å². The average Bonchev–Trinajstić information content (AvgIpc) is 2.56. The molecule has 2 heterocycles. The van der Waals surface area contributed by atoms with E-state index in [9.17, 15) is 4.79 Å². The molecule has 0 atom stereocenters. The molecule has 2 aromatic heterocycles. The van der Waals surface area contributed by atoms with E-state index in [-0.39, 0.29) is 5.43 Å². The van der Waals surface area contributed by atoms with Crippen LogP contribution in [-0.2, 0) is 0 Å². The number of nitrogens with zero attached hydrogens (tertiary/aromatic N) is 2. The van der Waals surface area contributed by atoms with Gasteiger partial charge in [0.15, 0.2) is 5.43 Å². The fourth-order valence-electron chi connectivity index (χ4n) is 2.73. The van der Waals surface area contributed by atoms with Gasteiger partial charge in [0.05, 0.1) is 11.0 Å². The van der Waals surface area contributed by atoms with E-state index in [1.54, 1.807) is 6.20 Å². The lowest BCUT2D eigenvalue weighted by Crippen LogP contribution is -2.10. The summed E-state index contributed by atoms with van der Waals surface area (Å²) in [4.78, 5) is 17.1. The molecule has 2 aromatic carbocycles. The molecule has 0 fully saturated rings. The van der Waals surface area contributed by atoms with Crippen LogP contribution in [0.1, 0.15) is 0 Å². The maximum atomic E-state index is 12.6. The van der Waals surface area contributed by atoms with Crippen LogP contribution in [0, 0.1) is 0 Å². The number of benzene rings is 2. The number of rotatable bonds is 1. The van der Waals surface area contributed by atoms with Crippen LogP contribution in [0.25, 0.3) is 27.6 Å². The van der Waals surface area contributed by atoms with Crippen molar-refractivity contribution in [2.45, 2.75) is 0 Å². The van der Waals surface area contributed by atoms with Crippen molar-refractivity contribution in [3.8, 4) is 5.82 Å². The van der Waals surface area contributed by atoms with Gasteiger partial charge in [-0.3, -0.25) is 9.36 Å². The molecule has 0 aliphatic carbocycles. The molecule has 0 aliphatic heterocycles. The monoisotopic (exact) mass is 272 g/mol. The van der Waals surface area contributed by atoms with Gasteiger partial charge in [-0.05, 0) is 36.4 Å². The Morgan fingerprint density at radius 2 is 1.29 bits per heavy atom. The Labute approximate surface area is 121 Å². The first kappa shape index (κ1) is 11.9. The molecule has 0 N–H and O–H groups in total. The smallest absolute Gasteiger partial charge is 0.197 e. The molecule has 0 saturated heterocycles. The maximum absolute atomic E-state index is 12.6. The van der Waals surface area contributed by atoms with Gasteiger partial charge in [-0.2, -0.15) is 0 Å². The predicted octanol–water partition coefficient (Wildman–Crippen LogP) is 3.54. The van der Waals surface area contributed by atoms with E-state index in [1.165, 1.54) is 0 Å². The zero-order valence-electron chi connectivity index (χ0n) is 11.2. The molecule has 4 aromatic rings. The van der Waals surface area contributed by atoms with E-state index in [1.807, 2.05) is 71.3 Å². The number of hydrogen-bond donors (Lipinski definition) is 0. The van der Waals surface area contributed by atoms with Gasteiger partial charge in [0.1, 0.15) is 5.82 Å². The molecular formula is C18H12N2O. The summed E-state index contributed by atoms with van der Waals surface area (Å²) in [5, 5.41) is 1.42. The fraction of sp³-hybridized carbons (Fsp3) is 0. The van der Waals surface area contributed by atoms with Crippen molar-refractivity contribution in [3.63, 3.8) is 0 Å². The van der Waals surface area contributed by atoms with E-state index >= 15 is 0 Å². The van der Waals surface area contributed by atoms with Crippen molar-refractivity contribution in [3.05, 3.63) is 83.2 Å². The highest BCUT2D eigenvalue weighted by molar-refractivity contribution is 5.94. The van der Waals surface area contributed by atoms with Crippen LogP contribution < -0.4 is 5.43 Å². The Hall–Kier alpha value is -2.94. The molecule has 0 radical (unpaired) electrons. The van der Waals surface area contributed by atoms with Gasteiger partial charge in [0, 0.05) is 17.0 Å². The molecule has 0 bridgehead atoms. The van der Waals surface area contributed by atoms with E-state index < -0.39 is 0 Å². The molecule has 3 nitrogen and oxygen atoms in total. The highest BCUT2D eigenvalue weighted by atomic mass is 16.1. The minimum absolute atomic E-state index is 0.0633. The lowest BCUT2D eigenvalue weighted by Gasteiger charge is -2.14. The molecule has 0 aliphatic rings. The molecule has 0 saturated carbocycles. The van der Waals surface area contributed by atoms with Crippen LogP contribution in [0.15, 0.2) is 77.7 Å². The molecule has 4 rings (SSSR count). The van der Waals surface area contributed by atoms with Crippen molar-refractivity contribution in [2.24, 2.45) is 0 Å². The largest absolute Gasteiger partial charge is 0.294 e. The second-order valence-corrected chi connectivity index (χ2v) is 4.89. The molecule has 21 heavy (non-hydrogen) atoms. The summed E-state index contributed by atoms with van der Waals surface area (Å²) in [5.41, 5.74) is 1.81. The number of aromatic nitrogens is 2. The summed E-state index contributed by atoms with van der Waals surface area (Å²) in [6.45, 7) is 0. The minimum Gasteiger partial charge on any atom is -0.294 e. The van der Waals surface area contributed by atoms with Crippen molar-refractivity contribution in [1.29, 1.82) is 0 Å². The van der Waals surface area contributed by atoms with Crippen LogP contribution in [0.3, 0.4) is 0 Å². The summed E-state index contributed by atoms with van der Waals surface area (Å²) in [5.74, 6) is 0.810. The summed E-state index contributed by atoms with van der Waals surface area (Å²) in [6.07, 6.45) is 1.76. The second kappa shape index (κ2) is 4.56. The zero-order valence-corrected chi connectivity index (χ0v) is 11.2. The molecule has 0 unspecified atom stereocenters. The highest BCUT2D eigenvalue weighted by Gasteiger charge is 2.11. The summed E-state index contributed by atoms with van der Waals surface area (Å²) in [7, 11) is 0. The Balaban J connectivity index is 2.31. The first-order valence-corrected chi connectivity index (χ1v) is 6.80. The van der Waals surface area contributed by atoms with Gasteiger partial charge >= 0.3 is 0 Å². The van der Waals surface area contributed by atoms with Crippen molar-refractivity contribution < 1.29 is 0 Å². The van der Waals surface area contributed by atoms with Crippen LogP contribution >= 0.6 is 0 Å². The third-order valence-electron chi connectivity index (χ3n) is 3.66. The normalized spacial score (nSPS) is 11.0. The summed E-state index contributed by atoms with van der Waals surface area (Å²) >= 11 is 0. The van der Waals surface area contributed by atoms with Gasteiger partial charge in [-0.25, -0.2) is 4.98 Å². The van der Waals surface area contributed by atoms with Gasteiger partial charge in [0.25, 0.3) is 0 Å². The first-order valence-electron chi connectivity index (χ1n) is 6.80. The van der Waals surface area contributed by atoms with E-state index in [4.69, 9.17) is 0 Å². The van der Waals surface area contributed by atoms with Gasteiger partial charge in [-0.1, -0.05) is 30.3 Å². The van der Waals surface area contributed by atoms with E-state index in [0.717, 1.165) is 16.9 Å². The number of pyridine rings is 2.